The van der Waals surface area contributed by atoms with E-state index in [-0.39, 0.29) is 31.3 Å². The first kappa shape index (κ1) is 23.3. The minimum atomic E-state index is -0.503. The molecule has 1 aromatic rings. The second-order valence-electron chi connectivity index (χ2n) is 7.31. The third-order valence-corrected chi connectivity index (χ3v) is 5.12. The van der Waals surface area contributed by atoms with E-state index in [2.05, 4.69) is 10.6 Å². The number of hydrogen-bond donors (Lipinski definition) is 4. The van der Waals surface area contributed by atoms with Crippen molar-refractivity contribution in [2.45, 2.75) is 38.6 Å². The Morgan fingerprint density at radius 2 is 1.93 bits per heavy atom. The van der Waals surface area contributed by atoms with Crippen LogP contribution < -0.4 is 16.1 Å². The molecule has 0 spiro atoms. The van der Waals surface area contributed by atoms with Gasteiger partial charge in [-0.1, -0.05) is 30.3 Å². The Kier molecular flexibility index (Phi) is 10.6. The molecule has 2 atom stereocenters. The van der Waals surface area contributed by atoms with Gasteiger partial charge in [0.25, 0.3) is 0 Å². The van der Waals surface area contributed by atoms with E-state index in [1.807, 2.05) is 37.3 Å². The van der Waals surface area contributed by atoms with Crippen LogP contribution in [0.5, 0.6) is 0 Å². The minimum Gasteiger partial charge on any atom is -0.356 e. The predicted octanol–water partition coefficient (Wildman–Crippen LogP) is 1.24. The maximum Gasteiger partial charge on any atom is 0.246 e. The molecule has 2 rings (SSSR count). The average Bonchev–Trinajstić information content (AvgIpc) is 2.76. The average molecular weight is 408 g/mol. The molecule has 8 nitrogen and oxygen atoms in total. The molecule has 0 aliphatic carbocycles. The van der Waals surface area contributed by atoms with Gasteiger partial charge in [-0.3, -0.25) is 14.8 Å². The number of piperidine rings is 1. The van der Waals surface area contributed by atoms with Crippen LogP contribution >= 0.6 is 0 Å². The lowest BCUT2D eigenvalue weighted by molar-refractivity contribution is -0.135. The predicted molar refractivity (Wildman–Crippen MR) is 108 cm³/mol. The van der Waals surface area contributed by atoms with E-state index in [1.165, 1.54) is 0 Å². The van der Waals surface area contributed by atoms with Gasteiger partial charge in [-0.15, -0.1) is 0 Å². The van der Waals surface area contributed by atoms with Crippen LogP contribution in [-0.2, 0) is 25.5 Å². The highest BCUT2D eigenvalue weighted by Gasteiger charge is 2.27. The van der Waals surface area contributed by atoms with Crippen LogP contribution in [0.3, 0.4) is 0 Å². The largest absolute Gasteiger partial charge is 0.356 e. The fraction of sp³-hybridized carbons (Fsp3) is 0.619. The Morgan fingerprint density at radius 1 is 1.21 bits per heavy atom. The molecule has 29 heavy (non-hydrogen) atoms. The van der Waals surface area contributed by atoms with Crippen molar-refractivity contribution in [1.29, 1.82) is 0 Å². The number of ether oxygens (including phenoxy) is 2. The van der Waals surface area contributed by atoms with Crippen molar-refractivity contribution in [3.63, 3.8) is 0 Å². The molecular formula is C21H33N3O5. The molecule has 162 valence electrons. The molecule has 8 heteroatoms. The van der Waals surface area contributed by atoms with E-state index in [4.69, 9.17) is 9.47 Å². The topological polar surface area (TPSA) is 109 Å². The highest BCUT2D eigenvalue weighted by molar-refractivity contribution is 5.80. The molecule has 1 heterocycles. The zero-order chi connectivity index (χ0) is 20.9. The number of carbonyl (C=O) groups excluding carboxylic acids is 2. The maximum atomic E-state index is 12.7. The number of hydroxylamine groups is 1. The Hall–Kier alpha value is -2.00. The summed E-state index contributed by atoms with van der Waals surface area (Å²) in [4.78, 5) is 25.0. The monoisotopic (exact) mass is 407 g/mol. The molecule has 0 saturated carbocycles. The number of benzene rings is 1. The van der Waals surface area contributed by atoms with Gasteiger partial charge in [0.1, 0.15) is 6.79 Å². The highest BCUT2D eigenvalue weighted by atomic mass is 16.7. The quantitative estimate of drug-likeness (QED) is 0.180. The number of carbonyl (C=O) groups is 2. The molecule has 0 bridgehead atoms. The van der Waals surface area contributed by atoms with Crippen LogP contribution in [0, 0.1) is 11.8 Å². The van der Waals surface area contributed by atoms with Gasteiger partial charge >= 0.3 is 0 Å². The van der Waals surface area contributed by atoms with Gasteiger partial charge in [-0.2, -0.15) is 0 Å². The van der Waals surface area contributed by atoms with Gasteiger partial charge in [-0.05, 0) is 51.3 Å². The summed E-state index contributed by atoms with van der Waals surface area (Å²) < 4.78 is 10.8. The van der Waals surface area contributed by atoms with Crippen molar-refractivity contribution < 1.29 is 24.3 Å². The Bertz CT molecular complexity index is 608. The Labute approximate surface area is 172 Å². The molecule has 2 amide bonds. The SMILES string of the molecule is CCOCOC[C@H](C[C@H](Cc1ccccc1)C(=O)NO)NC(=O)C1CCNCC1. The smallest absolute Gasteiger partial charge is 0.246 e. The second-order valence-corrected chi connectivity index (χ2v) is 7.31. The summed E-state index contributed by atoms with van der Waals surface area (Å²) in [6, 6.07) is 9.24. The normalized spacial score (nSPS) is 16.8. The van der Waals surface area contributed by atoms with Gasteiger partial charge in [-0.25, -0.2) is 5.48 Å². The van der Waals surface area contributed by atoms with Crippen LogP contribution in [0.25, 0.3) is 0 Å². The zero-order valence-electron chi connectivity index (χ0n) is 17.1. The van der Waals surface area contributed by atoms with E-state index in [0.29, 0.717) is 19.4 Å². The maximum absolute atomic E-state index is 12.7. The van der Waals surface area contributed by atoms with Crippen molar-refractivity contribution in [1.82, 2.24) is 16.1 Å². The van der Waals surface area contributed by atoms with Crippen molar-refractivity contribution in [2.24, 2.45) is 11.8 Å². The third-order valence-electron chi connectivity index (χ3n) is 5.12. The van der Waals surface area contributed by atoms with Crippen molar-refractivity contribution >= 4 is 11.8 Å². The Balaban J connectivity index is 2.02. The summed E-state index contributed by atoms with van der Waals surface area (Å²) in [6.45, 7) is 4.43. The van der Waals surface area contributed by atoms with Crippen LogP contribution in [0.4, 0.5) is 0 Å². The molecule has 0 radical (unpaired) electrons. The summed E-state index contributed by atoms with van der Waals surface area (Å²) in [5.74, 6) is -1.03. The number of amides is 2. The molecule has 0 unspecified atom stereocenters. The van der Waals surface area contributed by atoms with E-state index < -0.39 is 11.8 Å². The first-order valence-electron chi connectivity index (χ1n) is 10.3. The fourth-order valence-corrected chi connectivity index (χ4v) is 3.52. The van der Waals surface area contributed by atoms with Crippen LogP contribution in [0.15, 0.2) is 30.3 Å². The Morgan fingerprint density at radius 3 is 2.59 bits per heavy atom. The van der Waals surface area contributed by atoms with E-state index in [1.54, 1.807) is 5.48 Å². The van der Waals surface area contributed by atoms with Crippen molar-refractivity contribution in [2.75, 3.05) is 33.1 Å². The second kappa shape index (κ2) is 13.3. The zero-order valence-corrected chi connectivity index (χ0v) is 17.1. The highest BCUT2D eigenvalue weighted by Crippen LogP contribution is 2.17. The molecule has 1 aliphatic heterocycles. The molecule has 1 aliphatic rings. The van der Waals surface area contributed by atoms with Crippen molar-refractivity contribution in [3.05, 3.63) is 35.9 Å². The third kappa shape index (κ3) is 8.49. The van der Waals surface area contributed by atoms with Gasteiger partial charge < -0.3 is 20.1 Å². The van der Waals surface area contributed by atoms with Gasteiger partial charge in [0.15, 0.2) is 0 Å². The van der Waals surface area contributed by atoms with E-state index >= 15 is 0 Å². The van der Waals surface area contributed by atoms with Crippen molar-refractivity contribution in [3.8, 4) is 0 Å². The summed E-state index contributed by atoms with van der Waals surface area (Å²) in [6.07, 6.45) is 2.40. The number of rotatable bonds is 12. The fourth-order valence-electron chi connectivity index (χ4n) is 3.52. The summed E-state index contributed by atoms with van der Waals surface area (Å²) in [5.41, 5.74) is 2.74. The molecule has 4 N–H and O–H groups in total. The standard InChI is InChI=1S/C21H33N3O5/c1-2-28-15-29-14-19(23-20(25)17-8-10-22-11-9-17)13-18(21(26)24-27)12-16-6-4-3-5-7-16/h3-7,17-19,22,27H,2,8-15H2,1H3,(H,23,25)(H,24,26)/t18-,19-/m0/s1. The molecule has 1 saturated heterocycles. The van der Waals surface area contributed by atoms with E-state index in [0.717, 1.165) is 31.5 Å². The van der Waals surface area contributed by atoms with Crippen LogP contribution in [-0.4, -0.2) is 56.2 Å². The number of hydrogen-bond acceptors (Lipinski definition) is 6. The molecule has 1 fully saturated rings. The lowest BCUT2D eigenvalue weighted by Gasteiger charge is -2.27. The van der Waals surface area contributed by atoms with Crippen LogP contribution in [0.1, 0.15) is 31.7 Å². The first-order valence-corrected chi connectivity index (χ1v) is 10.3. The summed E-state index contributed by atoms with van der Waals surface area (Å²) >= 11 is 0. The molecule has 0 aromatic heterocycles. The van der Waals surface area contributed by atoms with Gasteiger partial charge in [0.2, 0.25) is 11.8 Å². The van der Waals surface area contributed by atoms with Gasteiger partial charge in [0, 0.05) is 18.4 Å². The first-order chi connectivity index (χ1) is 14.1. The minimum absolute atomic E-state index is 0.0145. The van der Waals surface area contributed by atoms with Crippen LogP contribution in [0.2, 0.25) is 0 Å². The molecular weight excluding hydrogens is 374 g/mol. The summed E-state index contributed by atoms with van der Waals surface area (Å²) in [7, 11) is 0. The lowest BCUT2D eigenvalue weighted by Crippen LogP contribution is -2.46. The van der Waals surface area contributed by atoms with E-state index in [9.17, 15) is 14.8 Å². The lowest BCUT2D eigenvalue weighted by atomic mass is 9.91. The van der Waals surface area contributed by atoms with Gasteiger partial charge in [0.05, 0.1) is 12.6 Å². The number of nitrogens with one attached hydrogen (secondary N) is 3. The summed E-state index contributed by atoms with van der Waals surface area (Å²) in [5, 5.41) is 15.5. The molecule has 1 aromatic carbocycles.